The Bertz CT molecular complexity index is 271. The molecule has 0 aliphatic carbocycles. The predicted octanol–water partition coefficient (Wildman–Crippen LogP) is 1.04. The van der Waals surface area contributed by atoms with E-state index in [0.29, 0.717) is 6.07 Å². The lowest BCUT2D eigenvalue weighted by Crippen LogP contribution is -2.14. The Balaban J connectivity index is 3.46. The molecule has 56 valence electrons. The monoisotopic (exact) mass is 176 g/mol. The molecule has 0 aliphatic heterocycles. The molecule has 1 aromatic rings. The number of benzene rings is 1. The largest absolute Gasteiger partial charge is 0.205 e. The number of hydrogen-bond acceptors (Lipinski definition) is 0. The summed E-state index contributed by atoms with van der Waals surface area (Å²) in [6, 6.07) is 0.568. The fourth-order valence-electron chi connectivity index (χ4n) is 0.591. The zero-order valence-corrected chi connectivity index (χ0v) is 6.32. The van der Waals surface area contributed by atoms with Gasteiger partial charge in [-0.2, -0.15) is 0 Å². The standard InChI is InChI=1S/C6HF4.Al/c7-3-1-2-4(8)6(10)5(3)9;/h1H;. The van der Waals surface area contributed by atoms with Crippen molar-refractivity contribution in [2.75, 3.05) is 0 Å². The lowest BCUT2D eigenvalue weighted by atomic mass is 10.3. The lowest BCUT2D eigenvalue weighted by molar-refractivity contribution is 0.412. The first-order chi connectivity index (χ1) is 5.04. The van der Waals surface area contributed by atoms with Crippen LogP contribution in [0.3, 0.4) is 0 Å². The van der Waals surface area contributed by atoms with Crippen LogP contribution in [0.5, 0.6) is 0 Å². The molecular weight excluding hydrogens is 175 g/mol. The highest BCUT2D eigenvalue weighted by molar-refractivity contribution is 6.32. The molecule has 0 unspecified atom stereocenters. The maximum absolute atomic E-state index is 12.4. The van der Waals surface area contributed by atoms with Crippen LogP contribution in [0.1, 0.15) is 0 Å². The summed E-state index contributed by atoms with van der Waals surface area (Å²) in [5.74, 6) is -6.34. The van der Waals surface area contributed by atoms with Gasteiger partial charge in [-0.3, -0.25) is 0 Å². The van der Waals surface area contributed by atoms with Gasteiger partial charge in [0.25, 0.3) is 0 Å². The number of halogens is 4. The van der Waals surface area contributed by atoms with Crippen molar-refractivity contribution < 1.29 is 17.6 Å². The highest BCUT2D eigenvalue weighted by atomic mass is 27.0. The van der Waals surface area contributed by atoms with E-state index in [2.05, 4.69) is 0 Å². The molecule has 0 heterocycles. The topological polar surface area (TPSA) is 0 Å². The molecule has 11 heavy (non-hydrogen) atoms. The normalized spacial score (nSPS) is 10.2. The van der Waals surface area contributed by atoms with E-state index in [1.807, 2.05) is 0 Å². The molecule has 5 heteroatoms. The molecule has 0 saturated carbocycles. The van der Waals surface area contributed by atoms with Crippen LogP contribution in [-0.4, -0.2) is 16.3 Å². The predicted molar refractivity (Wildman–Crippen MR) is 31.7 cm³/mol. The van der Waals surface area contributed by atoms with Gasteiger partial charge >= 0.3 is 0 Å². The Labute approximate surface area is 68.3 Å². The third kappa shape index (κ3) is 1.39. The molecule has 1 rings (SSSR count). The second kappa shape index (κ2) is 2.84. The van der Waals surface area contributed by atoms with Crippen molar-refractivity contribution in [2.45, 2.75) is 0 Å². The second-order valence-electron chi connectivity index (χ2n) is 1.89. The van der Waals surface area contributed by atoms with E-state index >= 15 is 0 Å². The van der Waals surface area contributed by atoms with E-state index in [9.17, 15) is 17.6 Å². The third-order valence-electron chi connectivity index (χ3n) is 1.13. The fraction of sp³-hybridized carbons (Fsp3) is 0. The summed E-state index contributed by atoms with van der Waals surface area (Å²) in [7, 11) is 0. The van der Waals surface area contributed by atoms with Crippen molar-refractivity contribution >= 4 is 20.7 Å². The van der Waals surface area contributed by atoms with Gasteiger partial charge in [0, 0.05) is 0 Å². The van der Waals surface area contributed by atoms with Gasteiger partial charge in [-0.1, -0.05) is 4.43 Å². The summed E-state index contributed by atoms with van der Waals surface area (Å²) < 4.78 is 48.7. The van der Waals surface area contributed by atoms with Gasteiger partial charge in [0.15, 0.2) is 33.7 Å². The van der Waals surface area contributed by atoms with Gasteiger partial charge in [0.2, 0.25) is 0 Å². The van der Waals surface area contributed by atoms with Crippen LogP contribution >= 0.6 is 0 Å². The van der Waals surface area contributed by atoms with Crippen LogP contribution in [0.25, 0.3) is 0 Å². The molecule has 0 aliphatic rings. The van der Waals surface area contributed by atoms with E-state index in [0.717, 1.165) is 0 Å². The van der Waals surface area contributed by atoms with Crippen LogP contribution in [0, 0.1) is 23.3 Å². The molecule has 0 nitrogen and oxygen atoms in total. The molecule has 0 saturated heterocycles. The summed E-state index contributed by atoms with van der Waals surface area (Å²) in [6.45, 7) is 0. The fourth-order valence-corrected chi connectivity index (χ4v) is 0.864. The maximum atomic E-state index is 12.4. The minimum absolute atomic E-state index is 0.332. The van der Waals surface area contributed by atoms with Crippen LogP contribution < -0.4 is 4.43 Å². The number of rotatable bonds is 0. The van der Waals surface area contributed by atoms with Crippen molar-refractivity contribution in [2.24, 2.45) is 0 Å². The van der Waals surface area contributed by atoms with Gasteiger partial charge in [-0.15, -0.1) is 0 Å². The smallest absolute Gasteiger partial charge is 0.197 e. The zero-order chi connectivity index (χ0) is 8.59. The van der Waals surface area contributed by atoms with E-state index in [4.69, 9.17) is 0 Å². The lowest BCUT2D eigenvalue weighted by Gasteiger charge is -2.00. The molecule has 0 fully saturated rings. The molecule has 0 N–H and O–H groups in total. The summed E-state index contributed by atoms with van der Waals surface area (Å²) in [5, 5.41) is 0. The van der Waals surface area contributed by atoms with Crippen LogP contribution in [0.15, 0.2) is 6.07 Å². The van der Waals surface area contributed by atoms with Crippen molar-refractivity contribution in [1.82, 2.24) is 0 Å². The molecule has 2 radical (unpaired) electrons. The molecule has 0 atom stereocenters. The molecule has 0 aromatic heterocycles. The first kappa shape index (κ1) is 8.57. The quantitative estimate of drug-likeness (QED) is 0.240. The van der Waals surface area contributed by atoms with Crippen molar-refractivity contribution in [3.05, 3.63) is 29.3 Å². The Morgan fingerprint density at radius 3 is 2.00 bits per heavy atom. The van der Waals surface area contributed by atoms with Crippen LogP contribution in [0.4, 0.5) is 17.6 Å². The van der Waals surface area contributed by atoms with Crippen molar-refractivity contribution in [1.29, 1.82) is 0 Å². The van der Waals surface area contributed by atoms with Gasteiger partial charge < -0.3 is 0 Å². The maximum Gasteiger partial charge on any atom is 0.197 e. The van der Waals surface area contributed by atoms with E-state index in [1.165, 1.54) is 0 Å². The van der Waals surface area contributed by atoms with Crippen molar-refractivity contribution in [3.63, 3.8) is 0 Å². The SMILES string of the molecule is Fc1c[c]([Al])c(F)c(F)c1F. The van der Waals surface area contributed by atoms with E-state index < -0.39 is 23.3 Å². The van der Waals surface area contributed by atoms with Crippen LogP contribution in [-0.2, 0) is 0 Å². The van der Waals surface area contributed by atoms with E-state index in [-0.39, 0.29) is 4.43 Å². The Morgan fingerprint density at radius 2 is 1.45 bits per heavy atom. The molecule has 0 bridgehead atoms. The first-order valence-electron chi connectivity index (χ1n) is 2.62. The average Bonchev–Trinajstić information content (AvgIpc) is 1.97. The van der Waals surface area contributed by atoms with Crippen LogP contribution in [0.2, 0.25) is 0 Å². The summed E-state index contributed by atoms with van der Waals surface area (Å²) in [4.78, 5) is 0. The molecular formula is C6HAlF4. The highest BCUT2D eigenvalue weighted by Gasteiger charge is 2.14. The Morgan fingerprint density at radius 1 is 0.909 bits per heavy atom. The van der Waals surface area contributed by atoms with Gasteiger partial charge in [0.05, 0.1) is 0 Å². The first-order valence-corrected chi connectivity index (χ1v) is 3.20. The second-order valence-corrected chi connectivity index (χ2v) is 2.51. The summed E-state index contributed by atoms with van der Waals surface area (Å²) >= 11 is 1.76. The van der Waals surface area contributed by atoms with Gasteiger partial charge in [-0.25, -0.2) is 17.6 Å². The Kier molecular flexibility index (Phi) is 2.21. The number of hydrogen-bond donors (Lipinski definition) is 0. The third-order valence-corrected chi connectivity index (χ3v) is 1.55. The minimum Gasteiger partial charge on any atom is -0.205 e. The average molecular weight is 176 g/mol. The van der Waals surface area contributed by atoms with Crippen molar-refractivity contribution in [3.8, 4) is 0 Å². The molecule has 0 amide bonds. The van der Waals surface area contributed by atoms with E-state index in [1.54, 1.807) is 16.3 Å². The minimum atomic E-state index is -1.78. The molecule has 1 aromatic carbocycles. The summed E-state index contributed by atoms with van der Waals surface area (Å²) in [6.07, 6.45) is 0. The zero-order valence-electron chi connectivity index (χ0n) is 5.17. The van der Waals surface area contributed by atoms with Gasteiger partial charge in [-0.05, 0) is 6.07 Å². The highest BCUT2D eigenvalue weighted by Crippen LogP contribution is 2.10. The van der Waals surface area contributed by atoms with Gasteiger partial charge in [0.1, 0.15) is 5.82 Å². The summed E-state index contributed by atoms with van der Waals surface area (Å²) in [5.41, 5.74) is 0. The Hall–Kier alpha value is -0.528. The molecule has 0 spiro atoms.